The quantitative estimate of drug-likeness (QED) is 0.805. The van der Waals surface area contributed by atoms with Crippen LogP contribution in [0.25, 0.3) is 0 Å². The molecule has 0 amide bonds. The monoisotopic (exact) mass is 223 g/mol. The number of carboxylic acids is 1. The van der Waals surface area contributed by atoms with E-state index in [0.717, 1.165) is 13.0 Å². The Hall–Kier alpha value is -1.45. The molecule has 2 rings (SSSR count). The van der Waals surface area contributed by atoms with E-state index >= 15 is 0 Å². The maximum atomic E-state index is 10.6. The van der Waals surface area contributed by atoms with Gasteiger partial charge in [-0.3, -0.25) is 0 Å². The number of hydrogen-bond acceptors (Lipinski definition) is 3. The highest BCUT2D eigenvalue weighted by atomic mass is 16.4. The van der Waals surface area contributed by atoms with E-state index in [1.165, 1.54) is 25.3 Å². The third-order valence-electron chi connectivity index (χ3n) is 3.62. The number of rotatable bonds is 5. The average Bonchev–Trinajstić information content (AvgIpc) is 2.65. The lowest BCUT2D eigenvalue weighted by Gasteiger charge is -2.41. The van der Waals surface area contributed by atoms with Gasteiger partial charge in [-0.05, 0) is 30.7 Å². The minimum absolute atomic E-state index is 0.0124. The first-order valence-corrected chi connectivity index (χ1v) is 5.72. The van der Waals surface area contributed by atoms with Gasteiger partial charge >= 0.3 is 5.97 Å². The second kappa shape index (κ2) is 4.20. The van der Waals surface area contributed by atoms with Crippen molar-refractivity contribution in [1.82, 2.24) is 0 Å². The molecule has 0 radical (unpaired) electrons. The van der Waals surface area contributed by atoms with Crippen molar-refractivity contribution in [1.29, 1.82) is 0 Å². The molecule has 0 spiro atoms. The number of nitrogens with one attached hydrogen (secondary N) is 1. The van der Waals surface area contributed by atoms with Crippen LogP contribution in [0.2, 0.25) is 0 Å². The van der Waals surface area contributed by atoms with Gasteiger partial charge in [0.1, 0.15) is 0 Å². The fourth-order valence-electron chi connectivity index (χ4n) is 2.15. The molecule has 1 fully saturated rings. The van der Waals surface area contributed by atoms with Crippen LogP contribution in [0.1, 0.15) is 43.2 Å². The topological polar surface area (TPSA) is 62.5 Å². The Morgan fingerprint density at radius 3 is 2.75 bits per heavy atom. The molecule has 0 atom stereocenters. The van der Waals surface area contributed by atoms with Crippen LogP contribution in [-0.4, -0.2) is 17.6 Å². The van der Waals surface area contributed by atoms with E-state index in [1.54, 1.807) is 6.07 Å². The summed E-state index contributed by atoms with van der Waals surface area (Å²) in [4.78, 5) is 10.6. The molecule has 1 aromatic rings. The van der Waals surface area contributed by atoms with Gasteiger partial charge in [-0.15, -0.1) is 0 Å². The molecule has 1 heterocycles. The van der Waals surface area contributed by atoms with Crippen LogP contribution in [0.5, 0.6) is 0 Å². The summed E-state index contributed by atoms with van der Waals surface area (Å²) in [7, 11) is 0. The van der Waals surface area contributed by atoms with Crippen LogP contribution in [0, 0.1) is 5.41 Å². The first-order chi connectivity index (χ1) is 7.65. The molecule has 1 aliphatic carbocycles. The SMILES string of the molecule is CCC1(CNc2ccc(C(=O)O)o2)CCC1. The van der Waals surface area contributed by atoms with Crippen LogP contribution in [0.3, 0.4) is 0 Å². The molecule has 1 aliphatic rings. The summed E-state index contributed by atoms with van der Waals surface area (Å²) >= 11 is 0. The maximum absolute atomic E-state index is 10.6. The van der Waals surface area contributed by atoms with Gasteiger partial charge in [0, 0.05) is 12.6 Å². The zero-order chi connectivity index (χ0) is 11.6. The average molecular weight is 223 g/mol. The summed E-state index contributed by atoms with van der Waals surface area (Å²) < 4.78 is 5.14. The Labute approximate surface area is 94.6 Å². The molecule has 4 nitrogen and oxygen atoms in total. The Morgan fingerprint density at radius 2 is 2.31 bits per heavy atom. The van der Waals surface area contributed by atoms with Gasteiger partial charge < -0.3 is 14.8 Å². The van der Waals surface area contributed by atoms with Gasteiger partial charge in [-0.1, -0.05) is 13.3 Å². The second-order valence-corrected chi connectivity index (χ2v) is 4.53. The van der Waals surface area contributed by atoms with Crippen molar-refractivity contribution < 1.29 is 14.3 Å². The third kappa shape index (κ3) is 2.05. The van der Waals surface area contributed by atoms with E-state index in [-0.39, 0.29) is 5.76 Å². The van der Waals surface area contributed by atoms with Crippen LogP contribution in [-0.2, 0) is 0 Å². The van der Waals surface area contributed by atoms with Crippen LogP contribution in [0.4, 0.5) is 5.88 Å². The van der Waals surface area contributed by atoms with Crippen LogP contribution >= 0.6 is 0 Å². The summed E-state index contributed by atoms with van der Waals surface area (Å²) in [5.41, 5.74) is 0.399. The van der Waals surface area contributed by atoms with E-state index < -0.39 is 5.97 Å². The number of hydrogen-bond donors (Lipinski definition) is 2. The Kier molecular flexibility index (Phi) is 2.90. The molecule has 0 aromatic carbocycles. The van der Waals surface area contributed by atoms with Crippen molar-refractivity contribution in [2.24, 2.45) is 5.41 Å². The smallest absolute Gasteiger partial charge is 0.371 e. The Morgan fingerprint density at radius 1 is 1.56 bits per heavy atom. The van der Waals surface area contributed by atoms with Crippen molar-refractivity contribution in [2.75, 3.05) is 11.9 Å². The predicted octanol–water partition coefficient (Wildman–Crippen LogP) is 2.97. The largest absolute Gasteiger partial charge is 0.475 e. The standard InChI is InChI=1S/C12H17NO3/c1-2-12(6-3-7-12)8-13-10-5-4-9(16-10)11(14)15/h4-5,13H,2-3,6-8H2,1H3,(H,14,15). The summed E-state index contributed by atoms with van der Waals surface area (Å²) in [5, 5.41) is 11.9. The van der Waals surface area contributed by atoms with Gasteiger partial charge in [0.2, 0.25) is 5.76 Å². The number of anilines is 1. The van der Waals surface area contributed by atoms with Crippen molar-refractivity contribution in [3.8, 4) is 0 Å². The van der Waals surface area contributed by atoms with Gasteiger partial charge in [-0.25, -0.2) is 4.79 Å². The van der Waals surface area contributed by atoms with Crippen molar-refractivity contribution in [3.05, 3.63) is 17.9 Å². The first-order valence-electron chi connectivity index (χ1n) is 5.72. The molecule has 0 aliphatic heterocycles. The van der Waals surface area contributed by atoms with E-state index in [4.69, 9.17) is 9.52 Å². The van der Waals surface area contributed by atoms with Crippen molar-refractivity contribution >= 4 is 11.9 Å². The highest BCUT2D eigenvalue weighted by Gasteiger charge is 2.34. The lowest BCUT2D eigenvalue weighted by atomic mass is 9.67. The van der Waals surface area contributed by atoms with Gasteiger partial charge in [0.05, 0.1) is 0 Å². The minimum Gasteiger partial charge on any atom is -0.475 e. The first kappa shape index (κ1) is 11.0. The minimum atomic E-state index is -1.03. The van der Waals surface area contributed by atoms with E-state index in [2.05, 4.69) is 12.2 Å². The summed E-state index contributed by atoms with van der Waals surface area (Å²) in [6.07, 6.45) is 4.96. The summed E-state index contributed by atoms with van der Waals surface area (Å²) in [6.45, 7) is 3.07. The van der Waals surface area contributed by atoms with Gasteiger partial charge in [-0.2, -0.15) is 0 Å². The predicted molar refractivity (Wildman–Crippen MR) is 60.7 cm³/mol. The zero-order valence-corrected chi connectivity index (χ0v) is 9.45. The molecular weight excluding hydrogens is 206 g/mol. The molecular formula is C12H17NO3. The number of furan rings is 1. The Bertz CT molecular complexity index is 374. The lowest BCUT2D eigenvalue weighted by Crippen LogP contribution is -2.35. The fraction of sp³-hybridized carbons (Fsp3) is 0.583. The molecule has 0 saturated heterocycles. The highest BCUT2D eigenvalue weighted by Crippen LogP contribution is 2.43. The van der Waals surface area contributed by atoms with E-state index in [0.29, 0.717) is 11.3 Å². The van der Waals surface area contributed by atoms with Crippen molar-refractivity contribution in [2.45, 2.75) is 32.6 Å². The number of carbonyl (C=O) groups is 1. The van der Waals surface area contributed by atoms with Gasteiger partial charge in [0.25, 0.3) is 0 Å². The molecule has 0 bridgehead atoms. The molecule has 88 valence electrons. The molecule has 4 heteroatoms. The third-order valence-corrected chi connectivity index (χ3v) is 3.62. The summed E-state index contributed by atoms with van der Waals surface area (Å²) in [5.74, 6) is -0.485. The van der Waals surface area contributed by atoms with Crippen LogP contribution < -0.4 is 5.32 Å². The molecule has 16 heavy (non-hydrogen) atoms. The summed E-state index contributed by atoms with van der Waals surface area (Å²) in [6, 6.07) is 3.15. The fourth-order valence-corrected chi connectivity index (χ4v) is 2.15. The maximum Gasteiger partial charge on any atom is 0.371 e. The van der Waals surface area contributed by atoms with E-state index in [1.807, 2.05) is 0 Å². The lowest BCUT2D eigenvalue weighted by molar-refractivity contribution is 0.0663. The van der Waals surface area contributed by atoms with Gasteiger partial charge in [0.15, 0.2) is 5.88 Å². The molecule has 1 saturated carbocycles. The highest BCUT2D eigenvalue weighted by molar-refractivity contribution is 5.84. The van der Waals surface area contributed by atoms with E-state index in [9.17, 15) is 4.79 Å². The van der Waals surface area contributed by atoms with Crippen LogP contribution in [0.15, 0.2) is 16.5 Å². The Balaban J connectivity index is 1.91. The normalized spacial score (nSPS) is 17.8. The van der Waals surface area contributed by atoms with Crippen molar-refractivity contribution in [3.63, 3.8) is 0 Å². The molecule has 1 aromatic heterocycles. The second-order valence-electron chi connectivity index (χ2n) is 4.53. The number of carboxylic acid groups (broad SMARTS) is 1. The zero-order valence-electron chi connectivity index (χ0n) is 9.45. The molecule has 2 N–H and O–H groups in total. The number of aromatic carboxylic acids is 1. The molecule has 0 unspecified atom stereocenters.